The van der Waals surface area contributed by atoms with E-state index >= 15 is 0 Å². The first-order valence-corrected chi connectivity index (χ1v) is 7.41. The van der Waals surface area contributed by atoms with E-state index in [1.165, 1.54) is 11.8 Å². The number of amides is 1. The third-order valence-electron chi connectivity index (χ3n) is 3.04. The summed E-state index contributed by atoms with van der Waals surface area (Å²) in [7, 11) is 0. The number of carbonyl (C=O) groups is 1. The van der Waals surface area contributed by atoms with Crippen LogP contribution in [0.5, 0.6) is 0 Å². The van der Waals surface area contributed by atoms with E-state index in [1.54, 1.807) is 4.68 Å². The van der Waals surface area contributed by atoms with Gasteiger partial charge in [0.1, 0.15) is 0 Å². The SMILES string of the molecule is CC(C)C(CO)NC(=O)CSc1nnnn1C1CC1. The molecule has 106 valence electrons. The van der Waals surface area contributed by atoms with E-state index in [2.05, 4.69) is 20.8 Å². The molecule has 8 heteroatoms. The molecule has 1 amide bonds. The van der Waals surface area contributed by atoms with Crippen molar-refractivity contribution in [3.63, 3.8) is 0 Å². The van der Waals surface area contributed by atoms with Crippen LogP contribution >= 0.6 is 11.8 Å². The van der Waals surface area contributed by atoms with Crippen LogP contribution in [0.1, 0.15) is 32.7 Å². The lowest BCUT2D eigenvalue weighted by Crippen LogP contribution is -2.42. The summed E-state index contributed by atoms with van der Waals surface area (Å²) in [5.41, 5.74) is 0. The minimum absolute atomic E-state index is 0.0477. The smallest absolute Gasteiger partial charge is 0.230 e. The van der Waals surface area contributed by atoms with Gasteiger partial charge in [-0.25, -0.2) is 4.68 Å². The van der Waals surface area contributed by atoms with Gasteiger partial charge in [0.05, 0.1) is 24.4 Å². The van der Waals surface area contributed by atoms with Gasteiger partial charge in [-0.2, -0.15) is 0 Å². The highest BCUT2D eigenvalue weighted by atomic mass is 32.2. The standard InChI is InChI=1S/C11H19N5O2S/c1-7(2)9(5-17)12-10(18)6-19-11-13-14-15-16(11)8-3-4-8/h7-9,17H,3-6H2,1-2H3,(H,12,18). The Balaban J connectivity index is 1.81. The Bertz CT molecular complexity index is 432. The van der Waals surface area contributed by atoms with Crippen LogP contribution in [0.3, 0.4) is 0 Å². The Labute approximate surface area is 116 Å². The van der Waals surface area contributed by atoms with Crippen molar-refractivity contribution in [2.75, 3.05) is 12.4 Å². The molecule has 1 heterocycles. The fraction of sp³-hybridized carbons (Fsp3) is 0.818. The van der Waals surface area contributed by atoms with Gasteiger partial charge >= 0.3 is 0 Å². The van der Waals surface area contributed by atoms with E-state index in [1.807, 2.05) is 13.8 Å². The molecule has 1 saturated carbocycles. The molecule has 0 aromatic carbocycles. The molecule has 2 rings (SSSR count). The summed E-state index contributed by atoms with van der Waals surface area (Å²) in [6, 6.07) is 0.203. The fourth-order valence-electron chi connectivity index (χ4n) is 1.63. The first-order chi connectivity index (χ1) is 9.11. The zero-order valence-electron chi connectivity index (χ0n) is 11.1. The summed E-state index contributed by atoms with van der Waals surface area (Å²) in [5.74, 6) is 0.356. The molecule has 0 bridgehead atoms. The number of aliphatic hydroxyl groups excluding tert-OH is 1. The van der Waals surface area contributed by atoms with Gasteiger partial charge in [0.15, 0.2) is 0 Å². The van der Waals surface area contributed by atoms with Gasteiger partial charge in [-0.15, -0.1) is 5.10 Å². The van der Waals surface area contributed by atoms with Crippen LogP contribution in [0.25, 0.3) is 0 Å². The molecule has 1 fully saturated rings. The number of thioether (sulfide) groups is 1. The number of hydrogen-bond donors (Lipinski definition) is 2. The minimum atomic E-state index is -0.201. The van der Waals surface area contributed by atoms with Gasteiger partial charge in [0.25, 0.3) is 0 Å². The second-order valence-electron chi connectivity index (χ2n) is 5.03. The van der Waals surface area contributed by atoms with Crippen molar-refractivity contribution in [2.24, 2.45) is 5.92 Å². The number of rotatable bonds is 7. The zero-order chi connectivity index (χ0) is 13.8. The van der Waals surface area contributed by atoms with Crippen LogP contribution in [0.2, 0.25) is 0 Å². The second-order valence-corrected chi connectivity index (χ2v) is 5.97. The number of carbonyl (C=O) groups excluding carboxylic acids is 1. The number of nitrogens with zero attached hydrogens (tertiary/aromatic N) is 4. The molecule has 0 radical (unpaired) electrons. The number of aliphatic hydroxyl groups is 1. The summed E-state index contributed by atoms with van der Waals surface area (Å²) in [4.78, 5) is 11.8. The molecule has 1 aliphatic rings. The van der Waals surface area contributed by atoms with Crippen LogP contribution in [-0.2, 0) is 4.79 Å². The maximum atomic E-state index is 11.8. The van der Waals surface area contributed by atoms with Crippen molar-refractivity contribution in [3.8, 4) is 0 Å². The van der Waals surface area contributed by atoms with E-state index in [9.17, 15) is 4.79 Å². The fourth-order valence-corrected chi connectivity index (χ4v) is 2.39. The minimum Gasteiger partial charge on any atom is -0.394 e. The lowest BCUT2D eigenvalue weighted by atomic mass is 10.1. The maximum absolute atomic E-state index is 11.8. The predicted octanol–water partition coefficient (Wildman–Crippen LogP) is 0.233. The highest BCUT2D eigenvalue weighted by Gasteiger charge is 2.28. The number of aromatic nitrogens is 4. The molecule has 0 saturated heterocycles. The van der Waals surface area contributed by atoms with E-state index in [0.717, 1.165) is 12.8 Å². The maximum Gasteiger partial charge on any atom is 0.230 e. The normalized spacial score (nSPS) is 16.6. The third kappa shape index (κ3) is 3.90. The summed E-state index contributed by atoms with van der Waals surface area (Å²) >= 11 is 1.33. The molecule has 1 unspecified atom stereocenters. The van der Waals surface area contributed by atoms with Crippen LogP contribution in [0, 0.1) is 5.92 Å². The largest absolute Gasteiger partial charge is 0.394 e. The van der Waals surface area contributed by atoms with E-state index in [-0.39, 0.29) is 30.2 Å². The molecule has 7 nitrogen and oxygen atoms in total. The molecule has 0 aliphatic heterocycles. The van der Waals surface area contributed by atoms with Gasteiger partial charge in [0.2, 0.25) is 11.1 Å². The van der Waals surface area contributed by atoms with Crippen LogP contribution in [0.4, 0.5) is 0 Å². The van der Waals surface area contributed by atoms with Gasteiger partial charge < -0.3 is 10.4 Å². The van der Waals surface area contributed by atoms with Crippen LogP contribution < -0.4 is 5.32 Å². The van der Waals surface area contributed by atoms with Crippen molar-refractivity contribution in [1.82, 2.24) is 25.5 Å². The summed E-state index contributed by atoms with van der Waals surface area (Å²) in [6.07, 6.45) is 2.20. The lowest BCUT2D eigenvalue weighted by molar-refractivity contribution is -0.119. The Hall–Kier alpha value is -1.15. The number of nitrogens with one attached hydrogen (secondary N) is 1. The Morgan fingerprint density at radius 2 is 2.32 bits per heavy atom. The van der Waals surface area contributed by atoms with Gasteiger partial charge in [0, 0.05) is 0 Å². The lowest BCUT2D eigenvalue weighted by Gasteiger charge is -2.19. The molecule has 0 spiro atoms. The first-order valence-electron chi connectivity index (χ1n) is 6.42. The van der Waals surface area contributed by atoms with Crippen LogP contribution in [-0.4, -0.2) is 49.6 Å². The average Bonchev–Trinajstić information content (AvgIpc) is 3.12. The van der Waals surface area contributed by atoms with Gasteiger partial charge in [-0.1, -0.05) is 25.6 Å². The molecule has 1 aliphatic carbocycles. The predicted molar refractivity (Wildman–Crippen MR) is 70.7 cm³/mol. The molecule has 1 atom stereocenters. The van der Waals surface area contributed by atoms with Crippen molar-refractivity contribution < 1.29 is 9.90 Å². The van der Waals surface area contributed by atoms with Crippen molar-refractivity contribution in [2.45, 2.75) is 43.9 Å². The summed E-state index contributed by atoms with van der Waals surface area (Å²) < 4.78 is 1.78. The van der Waals surface area contributed by atoms with E-state index < -0.39 is 0 Å². The molecule has 2 N–H and O–H groups in total. The third-order valence-corrected chi connectivity index (χ3v) is 3.97. The van der Waals surface area contributed by atoms with Gasteiger partial charge in [-0.05, 0) is 29.2 Å². The summed E-state index contributed by atoms with van der Waals surface area (Å²) in [5, 5.41) is 24.1. The zero-order valence-corrected chi connectivity index (χ0v) is 11.9. The molecular weight excluding hydrogens is 266 g/mol. The summed E-state index contributed by atoms with van der Waals surface area (Å²) in [6.45, 7) is 3.87. The highest BCUT2D eigenvalue weighted by molar-refractivity contribution is 7.99. The quantitative estimate of drug-likeness (QED) is 0.697. The Morgan fingerprint density at radius 1 is 1.58 bits per heavy atom. The van der Waals surface area contributed by atoms with Crippen molar-refractivity contribution in [1.29, 1.82) is 0 Å². The van der Waals surface area contributed by atoms with Gasteiger partial charge in [-0.3, -0.25) is 4.79 Å². The van der Waals surface area contributed by atoms with Crippen LogP contribution in [0.15, 0.2) is 5.16 Å². The second kappa shape index (κ2) is 6.33. The van der Waals surface area contributed by atoms with Crippen molar-refractivity contribution >= 4 is 17.7 Å². The highest BCUT2D eigenvalue weighted by Crippen LogP contribution is 2.36. The molecular formula is C11H19N5O2S. The molecule has 1 aromatic heterocycles. The number of tetrazole rings is 1. The number of hydrogen-bond acceptors (Lipinski definition) is 6. The Kier molecular flexibility index (Phi) is 4.76. The monoisotopic (exact) mass is 285 g/mol. The molecule has 1 aromatic rings. The topological polar surface area (TPSA) is 92.9 Å². The first kappa shape index (κ1) is 14.3. The molecule has 19 heavy (non-hydrogen) atoms. The van der Waals surface area contributed by atoms with E-state index in [0.29, 0.717) is 11.2 Å². The average molecular weight is 285 g/mol. The Morgan fingerprint density at radius 3 is 2.89 bits per heavy atom. The van der Waals surface area contributed by atoms with E-state index in [4.69, 9.17) is 5.11 Å². The van der Waals surface area contributed by atoms with Crippen molar-refractivity contribution in [3.05, 3.63) is 0 Å².